The highest BCUT2D eigenvalue weighted by atomic mass is 16.5. The summed E-state index contributed by atoms with van der Waals surface area (Å²) in [6.45, 7) is 0.965. The number of rotatable bonds is 17. The fourth-order valence-corrected chi connectivity index (χ4v) is 1.83. The van der Waals surface area contributed by atoms with E-state index in [0.29, 0.717) is 25.7 Å². The molecule has 0 unspecified atom stereocenters. The molecule has 2 amide bonds. The van der Waals surface area contributed by atoms with E-state index >= 15 is 0 Å². The molecule has 0 aromatic rings. The zero-order valence-corrected chi connectivity index (χ0v) is 14.3. The third kappa shape index (κ3) is 13.1. The maximum Gasteiger partial charge on any atom is 0.300 e. The Morgan fingerprint density at radius 2 is 1.15 bits per heavy atom. The number of carbonyl (C=O) groups excluding carboxylic acids is 4. The molecule has 0 aliphatic rings. The first-order chi connectivity index (χ1) is 12.6. The van der Waals surface area contributed by atoms with Crippen LogP contribution in [0.15, 0.2) is 10.4 Å². The van der Waals surface area contributed by atoms with Gasteiger partial charge in [0.2, 0.25) is 0 Å². The minimum Gasteiger partial charge on any atom is -0.378 e. The molecule has 0 atom stereocenters. The minimum atomic E-state index is -0.970. The van der Waals surface area contributed by atoms with E-state index in [1.807, 2.05) is 0 Å². The number of hydrogen-bond donors (Lipinski definition) is 0. The Morgan fingerprint density at radius 1 is 0.731 bits per heavy atom. The summed E-state index contributed by atoms with van der Waals surface area (Å²) in [5, 5.41) is 4.44. The first-order valence-electron chi connectivity index (χ1n) is 7.77. The van der Waals surface area contributed by atoms with Gasteiger partial charge in [0, 0.05) is 23.4 Å². The first-order valence-corrected chi connectivity index (χ1v) is 7.77. The molecule has 0 aromatic carbocycles. The van der Waals surface area contributed by atoms with Crippen LogP contribution in [0.3, 0.4) is 0 Å². The molecule has 0 aliphatic heterocycles. The predicted molar refractivity (Wildman–Crippen MR) is 88.3 cm³/mol. The van der Waals surface area contributed by atoms with Gasteiger partial charge in [0.15, 0.2) is 0 Å². The van der Waals surface area contributed by atoms with Crippen molar-refractivity contribution in [2.24, 2.45) is 10.4 Å². The molecule has 12 nitrogen and oxygen atoms in total. The van der Waals surface area contributed by atoms with Crippen molar-refractivity contribution in [2.75, 3.05) is 65.7 Å². The van der Waals surface area contributed by atoms with Gasteiger partial charge in [-0.2, -0.15) is 0 Å². The van der Waals surface area contributed by atoms with E-state index in [9.17, 15) is 29.0 Å². The molecular formula is C14H22N4O8. The highest BCUT2D eigenvalue weighted by Gasteiger charge is 2.15. The van der Waals surface area contributed by atoms with Gasteiger partial charge in [-0.3, -0.25) is 19.4 Å². The van der Waals surface area contributed by atoms with E-state index in [4.69, 9.17) is 9.47 Å². The average molecular weight is 374 g/mol. The predicted octanol–water partition coefficient (Wildman–Crippen LogP) is -1.39. The average Bonchev–Trinajstić information content (AvgIpc) is 2.63. The van der Waals surface area contributed by atoms with Crippen LogP contribution in [0.4, 0.5) is 0 Å². The van der Waals surface area contributed by atoms with E-state index in [1.54, 1.807) is 4.90 Å². The highest BCUT2D eigenvalue weighted by Crippen LogP contribution is 1.93. The summed E-state index contributed by atoms with van der Waals surface area (Å²) in [7, 11) is 0. The maximum atomic E-state index is 11.0. The van der Waals surface area contributed by atoms with Crippen molar-refractivity contribution in [3.63, 3.8) is 0 Å². The third-order valence-corrected chi connectivity index (χ3v) is 3.06. The number of carbonyl (C=O) groups is 4. The second kappa shape index (κ2) is 16.2. The molecule has 0 fully saturated rings. The molecule has 146 valence electrons. The lowest BCUT2D eigenvalue weighted by Gasteiger charge is -2.18. The van der Waals surface area contributed by atoms with Gasteiger partial charge < -0.3 is 19.1 Å². The Balaban J connectivity index is 3.88. The van der Waals surface area contributed by atoms with Gasteiger partial charge in [-0.1, -0.05) is 0 Å². The Bertz CT molecular complexity index is 442. The second-order valence-corrected chi connectivity index (χ2v) is 5.00. The molecule has 0 heterocycles. The zero-order chi connectivity index (χ0) is 19.6. The van der Waals surface area contributed by atoms with E-state index in [-0.39, 0.29) is 39.5 Å². The lowest BCUT2D eigenvalue weighted by atomic mass is 10.4. The normalized spacial score (nSPS) is 10.7. The zero-order valence-electron chi connectivity index (χ0n) is 14.3. The number of ether oxygens (including phenoxy) is 2. The van der Waals surface area contributed by atoms with Crippen LogP contribution in [0.5, 0.6) is 0 Å². The summed E-state index contributed by atoms with van der Waals surface area (Å²) in [5.41, 5.74) is 0. The fourth-order valence-electron chi connectivity index (χ4n) is 1.83. The van der Waals surface area contributed by atoms with Gasteiger partial charge in [0.05, 0.1) is 52.6 Å². The van der Waals surface area contributed by atoms with Crippen molar-refractivity contribution in [1.29, 1.82) is 0 Å². The van der Waals surface area contributed by atoms with Gasteiger partial charge >= 0.3 is 0 Å². The molecule has 0 spiro atoms. The van der Waals surface area contributed by atoms with Gasteiger partial charge in [0.25, 0.3) is 11.8 Å². The maximum absolute atomic E-state index is 11.0. The van der Waals surface area contributed by atoms with Crippen molar-refractivity contribution in [3.8, 4) is 0 Å². The smallest absolute Gasteiger partial charge is 0.300 e. The van der Waals surface area contributed by atoms with E-state index < -0.39 is 24.9 Å². The summed E-state index contributed by atoms with van der Waals surface area (Å²) >= 11 is 0. The van der Waals surface area contributed by atoms with Gasteiger partial charge in [-0.15, -0.1) is 9.81 Å². The number of nitroso groups, excluding NO2 is 2. The SMILES string of the molecule is O=CCN(CC=O)CCOCCOCCN(CC(=O)N=O)CC(=O)N=O. The van der Waals surface area contributed by atoms with Crippen molar-refractivity contribution < 1.29 is 28.7 Å². The summed E-state index contributed by atoms with van der Waals surface area (Å²) in [6.07, 6.45) is 1.40. The van der Waals surface area contributed by atoms with E-state index in [0.717, 1.165) is 0 Å². The summed E-state index contributed by atoms with van der Waals surface area (Å²) in [5.74, 6) is -1.94. The Labute approximate surface area is 149 Å². The molecule has 0 saturated heterocycles. The number of nitrogens with zero attached hydrogens (tertiary/aromatic N) is 4. The minimum absolute atomic E-state index is 0.120. The molecule has 0 rings (SSSR count). The van der Waals surface area contributed by atoms with E-state index in [1.165, 1.54) is 4.90 Å². The van der Waals surface area contributed by atoms with Crippen LogP contribution in [0.2, 0.25) is 0 Å². The fraction of sp³-hybridized carbons (Fsp3) is 0.714. The number of hydrogen-bond acceptors (Lipinski definition) is 10. The second-order valence-electron chi connectivity index (χ2n) is 5.00. The van der Waals surface area contributed by atoms with Crippen molar-refractivity contribution in [2.45, 2.75) is 0 Å². The van der Waals surface area contributed by atoms with Crippen molar-refractivity contribution in [1.82, 2.24) is 9.80 Å². The lowest BCUT2D eigenvalue weighted by Crippen LogP contribution is -2.36. The van der Waals surface area contributed by atoms with Crippen LogP contribution >= 0.6 is 0 Å². The summed E-state index contributed by atoms with van der Waals surface area (Å²) in [6, 6.07) is 0. The van der Waals surface area contributed by atoms with Gasteiger partial charge in [-0.25, -0.2) is 0 Å². The molecule has 0 radical (unpaired) electrons. The van der Waals surface area contributed by atoms with Gasteiger partial charge in [0.1, 0.15) is 12.6 Å². The molecule has 12 heteroatoms. The molecule has 0 aromatic heterocycles. The largest absolute Gasteiger partial charge is 0.378 e. The van der Waals surface area contributed by atoms with Crippen LogP contribution in [0.1, 0.15) is 0 Å². The van der Waals surface area contributed by atoms with Crippen molar-refractivity contribution >= 4 is 24.4 Å². The molecule has 0 bridgehead atoms. The summed E-state index contributed by atoms with van der Waals surface area (Å²) in [4.78, 5) is 65.9. The standard InChI is InChI=1S/C14H22N4O8/c19-5-1-17(2-6-20)3-7-25-9-10-26-8-4-18(11-13(21)15-23)12-14(22)16-24/h5-6H,1-4,7-12H2. The number of amides is 2. The van der Waals surface area contributed by atoms with Crippen LogP contribution in [0, 0.1) is 9.81 Å². The Morgan fingerprint density at radius 3 is 1.54 bits per heavy atom. The Hall–Kier alpha value is -2.28. The monoisotopic (exact) mass is 374 g/mol. The van der Waals surface area contributed by atoms with Crippen molar-refractivity contribution in [3.05, 3.63) is 9.81 Å². The quantitative estimate of drug-likeness (QED) is 0.169. The topological polar surface area (TPSA) is 152 Å². The highest BCUT2D eigenvalue weighted by molar-refractivity contribution is 5.81. The van der Waals surface area contributed by atoms with Crippen LogP contribution in [0.25, 0.3) is 0 Å². The molecule has 26 heavy (non-hydrogen) atoms. The Kier molecular flexibility index (Phi) is 14.8. The molecule has 0 N–H and O–H groups in total. The van der Waals surface area contributed by atoms with Crippen LogP contribution in [-0.2, 0) is 28.7 Å². The van der Waals surface area contributed by atoms with Crippen LogP contribution < -0.4 is 0 Å². The van der Waals surface area contributed by atoms with Crippen LogP contribution in [-0.4, -0.2) is 99.9 Å². The molecule has 0 aliphatic carbocycles. The third-order valence-electron chi connectivity index (χ3n) is 3.06. The van der Waals surface area contributed by atoms with Gasteiger partial charge in [-0.05, 0) is 0 Å². The lowest BCUT2D eigenvalue weighted by molar-refractivity contribution is -0.122. The summed E-state index contributed by atoms with van der Waals surface area (Å²) < 4.78 is 10.6. The molecular weight excluding hydrogens is 352 g/mol. The molecule has 0 saturated carbocycles. The van der Waals surface area contributed by atoms with E-state index in [2.05, 4.69) is 10.4 Å². The first kappa shape index (κ1) is 23.7. The number of aldehydes is 2.